The monoisotopic (exact) mass is 802 g/mol. The number of carboxylic acids is 2. The highest BCUT2D eigenvalue weighted by molar-refractivity contribution is 6.01. The summed E-state index contributed by atoms with van der Waals surface area (Å²) in [7, 11) is 0. The lowest BCUT2D eigenvalue weighted by atomic mass is 10.0. The molecule has 5 amide bonds. The van der Waals surface area contributed by atoms with Gasteiger partial charge in [-0.1, -0.05) is 64.2 Å². The summed E-state index contributed by atoms with van der Waals surface area (Å²) >= 11 is 0. The molecule has 5 N–H and O–H groups in total. The average molecular weight is 803 g/mol. The minimum atomic E-state index is -1.20. The number of rotatable bonds is 37. The van der Waals surface area contributed by atoms with E-state index in [1.165, 1.54) is 12.8 Å². The summed E-state index contributed by atoms with van der Waals surface area (Å²) in [5.41, 5.74) is 0. The van der Waals surface area contributed by atoms with Crippen molar-refractivity contribution in [3.05, 3.63) is 0 Å². The van der Waals surface area contributed by atoms with Crippen LogP contribution in [0.4, 0.5) is 0 Å². The second-order valence-electron chi connectivity index (χ2n) is 13.2. The van der Waals surface area contributed by atoms with Crippen molar-refractivity contribution in [1.82, 2.24) is 21.0 Å². The third-order valence-corrected chi connectivity index (χ3v) is 8.37. The second-order valence-corrected chi connectivity index (χ2v) is 13.2. The van der Waals surface area contributed by atoms with E-state index >= 15 is 0 Å². The van der Waals surface area contributed by atoms with Gasteiger partial charge in [-0.2, -0.15) is 0 Å². The molecule has 1 aliphatic heterocycles. The lowest BCUT2D eigenvalue weighted by molar-refractivity contribution is -0.200. The third-order valence-electron chi connectivity index (χ3n) is 8.37. The maximum absolute atomic E-state index is 12.3. The van der Waals surface area contributed by atoms with E-state index in [0.29, 0.717) is 11.5 Å². The van der Waals surface area contributed by atoms with Crippen molar-refractivity contribution in [3.63, 3.8) is 0 Å². The summed E-state index contributed by atoms with van der Waals surface area (Å²) in [6.07, 6.45) is 12.6. The molecule has 1 atom stereocenters. The number of unbranched alkanes of at least 4 members (excludes halogenated alkanes) is 11. The Bertz CT molecular complexity index is 1190. The first kappa shape index (κ1) is 49.8. The van der Waals surface area contributed by atoms with E-state index in [4.69, 9.17) is 24.1 Å². The zero-order valence-electron chi connectivity index (χ0n) is 32.5. The van der Waals surface area contributed by atoms with Crippen LogP contribution in [0.5, 0.6) is 0 Å². The van der Waals surface area contributed by atoms with E-state index < -0.39 is 42.4 Å². The molecule has 1 rings (SSSR count). The molecule has 0 aliphatic carbocycles. The molecule has 1 aliphatic rings. The van der Waals surface area contributed by atoms with Gasteiger partial charge in [-0.15, -0.1) is 5.06 Å². The largest absolute Gasteiger partial charge is 0.481 e. The summed E-state index contributed by atoms with van der Waals surface area (Å²) in [6, 6.07) is -1.15. The summed E-state index contributed by atoms with van der Waals surface area (Å²) in [5.74, 6) is -5.05. The number of hydroxylamine groups is 2. The number of amides is 5. The molecule has 0 aromatic rings. The molecule has 0 aromatic heterocycles. The van der Waals surface area contributed by atoms with Crippen molar-refractivity contribution in [2.45, 2.75) is 122 Å². The number of imide groups is 1. The first-order valence-corrected chi connectivity index (χ1v) is 19.6. The molecule has 1 heterocycles. The average Bonchev–Trinajstić information content (AvgIpc) is 3.47. The van der Waals surface area contributed by atoms with E-state index in [2.05, 4.69) is 20.8 Å². The number of carbonyl (C=O) groups is 8. The Balaban J connectivity index is 1.92. The highest BCUT2D eigenvalue weighted by atomic mass is 16.7. The molecule has 0 radical (unpaired) electrons. The van der Waals surface area contributed by atoms with Gasteiger partial charge in [0.1, 0.15) is 19.3 Å². The van der Waals surface area contributed by atoms with Crippen LogP contribution in [0.3, 0.4) is 0 Å². The molecule has 320 valence electrons. The lowest BCUT2D eigenvalue weighted by Crippen LogP contribution is -2.41. The minimum Gasteiger partial charge on any atom is -0.481 e. The molecule has 0 bridgehead atoms. The lowest BCUT2D eigenvalue weighted by Gasteiger charge is -2.14. The van der Waals surface area contributed by atoms with Gasteiger partial charge in [0, 0.05) is 45.2 Å². The number of ether oxygens (including phenoxy) is 4. The molecule has 1 unspecified atom stereocenters. The number of nitrogens with zero attached hydrogens (tertiary/aromatic N) is 1. The summed E-state index contributed by atoms with van der Waals surface area (Å²) < 4.78 is 20.9. The van der Waals surface area contributed by atoms with Crippen molar-refractivity contribution in [2.24, 2.45) is 0 Å². The van der Waals surface area contributed by atoms with Crippen LogP contribution in [0.15, 0.2) is 0 Å². The molecule has 19 nitrogen and oxygen atoms in total. The van der Waals surface area contributed by atoms with Crippen molar-refractivity contribution < 1.29 is 72.4 Å². The van der Waals surface area contributed by atoms with Crippen LogP contribution in [0.1, 0.15) is 116 Å². The molecule has 19 heteroatoms. The van der Waals surface area contributed by atoms with Crippen LogP contribution in [0, 0.1) is 0 Å². The quantitative estimate of drug-likeness (QED) is 0.0443. The molecule has 0 spiro atoms. The highest BCUT2D eigenvalue weighted by Gasteiger charge is 2.32. The van der Waals surface area contributed by atoms with Gasteiger partial charge in [0.15, 0.2) is 0 Å². The zero-order valence-corrected chi connectivity index (χ0v) is 32.5. The van der Waals surface area contributed by atoms with Crippen LogP contribution in [0.2, 0.25) is 0 Å². The van der Waals surface area contributed by atoms with Gasteiger partial charge in [0.2, 0.25) is 17.7 Å². The van der Waals surface area contributed by atoms with Crippen molar-refractivity contribution in [3.8, 4) is 0 Å². The van der Waals surface area contributed by atoms with E-state index in [1.54, 1.807) is 0 Å². The number of carboxylic acid groups (broad SMARTS) is 2. The maximum atomic E-state index is 12.3. The first-order valence-electron chi connectivity index (χ1n) is 19.6. The molecular weight excluding hydrogens is 740 g/mol. The van der Waals surface area contributed by atoms with E-state index in [0.717, 1.165) is 57.8 Å². The predicted molar refractivity (Wildman–Crippen MR) is 198 cm³/mol. The van der Waals surface area contributed by atoms with Gasteiger partial charge >= 0.3 is 17.9 Å². The fraction of sp³-hybridized carbons (Fsp3) is 0.784. The molecular formula is C37H62N4O15. The van der Waals surface area contributed by atoms with Crippen molar-refractivity contribution in [2.75, 3.05) is 65.9 Å². The van der Waals surface area contributed by atoms with Gasteiger partial charge < -0.3 is 49.9 Å². The zero-order chi connectivity index (χ0) is 41.2. The number of aliphatic carboxylic acids is 2. The van der Waals surface area contributed by atoms with Gasteiger partial charge in [-0.3, -0.25) is 28.8 Å². The third kappa shape index (κ3) is 28.2. The summed E-state index contributed by atoms with van der Waals surface area (Å²) in [6.45, 7) is 0.602. The molecule has 1 fully saturated rings. The van der Waals surface area contributed by atoms with E-state index in [1.807, 2.05) is 0 Å². The van der Waals surface area contributed by atoms with Gasteiger partial charge in [-0.05, 0) is 19.3 Å². The number of hydrogen-bond acceptors (Lipinski definition) is 13. The number of nitrogens with one attached hydrogen (secondary N) is 3. The van der Waals surface area contributed by atoms with Crippen LogP contribution < -0.4 is 16.0 Å². The Morgan fingerprint density at radius 1 is 0.554 bits per heavy atom. The smallest absolute Gasteiger partial charge is 0.358 e. The first-order chi connectivity index (χ1) is 27.0. The van der Waals surface area contributed by atoms with Crippen LogP contribution in [-0.2, 0) is 62.1 Å². The maximum Gasteiger partial charge on any atom is 0.358 e. The Hall–Kier alpha value is -4.20. The van der Waals surface area contributed by atoms with Crippen molar-refractivity contribution >= 4 is 47.4 Å². The van der Waals surface area contributed by atoms with E-state index in [9.17, 15) is 43.5 Å². The minimum absolute atomic E-state index is 0.00153. The van der Waals surface area contributed by atoms with Crippen LogP contribution >= 0.6 is 0 Å². The predicted octanol–water partition coefficient (Wildman–Crippen LogP) is 1.79. The van der Waals surface area contributed by atoms with Gasteiger partial charge in [0.25, 0.3) is 11.8 Å². The fourth-order valence-corrected chi connectivity index (χ4v) is 5.34. The Labute approximate surface area is 328 Å². The Kier molecular flexibility index (Phi) is 29.3. The van der Waals surface area contributed by atoms with Gasteiger partial charge in [0.05, 0.1) is 39.6 Å². The molecule has 1 saturated heterocycles. The fourth-order valence-electron chi connectivity index (χ4n) is 5.34. The SMILES string of the molecule is O=C(O)CCCCCCCCCCCCCCC(=O)NC(CCC(=O)NCCOCCOCC(=O)NCCOCCOCC(=O)ON1C(=O)CCC1=O)C(=O)O. The summed E-state index contributed by atoms with van der Waals surface area (Å²) in [4.78, 5) is 97.4. The second kappa shape index (κ2) is 33.0. The topological polar surface area (TPSA) is 262 Å². The highest BCUT2D eigenvalue weighted by Crippen LogP contribution is 2.14. The van der Waals surface area contributed by atoms with E-state index in [-0.39, 0.29) is 116 Å². The van der Waals surface area contributed by atoms with Crippen molar-refractivity contribution in [1.29, 1.82) is 0 Å². The van der Waals surface area contributed by atoms with Crippen LogP contribution in [0.25, 0.3) is 0 Å². The normalized spacial score (nSPS) is 13.0. The molecule has 0 aromatic carbocycles. The molecule has 0 saturated carbocycles. The number of carbonyl (C=O) groups excluding carboxylic acids is 6. The van der Waals surface area contributed by atoms with Gasteiger partial charge in [-0.25, -0.2) is 9.59 Å². The standard InChI is InChI=1S/C37H62N4O15/c42-30(16-15-29(37(50)51)40-31(43)13-11-9-7-5-3-1-2-4-6-8-10-12-14-35(47)48)38-19-21-52-23-25-54-27-32(44)39-20-22-53-24-26-55-28-36(49)56-41-33(45)17-18-34(41)46/h29H,1-28H2,(H,38,42)(H,39,44)(H,40,43)(H,47,48)(H,50,51). The Morgan fingerprint density at radius 3 is 1.54 bits per heavy atom. The Morgan fingerprint density at radius 2 is 1.02 bits per heavy atom. The van der Waals surface area contributed by atoms with Crippen LogP contribution in [-0.4, -0.2) is 135 Å². The molecule has 56 heavy (non-hydrogen) atoms. The number of hydrogen-bond donors (Lipinski definition) is 5. The summed E-state index contributed by atoms with van der Waals surface area (Å²) in [5, 5.41) is 26.3.